The maximum atomic E-state index is 12.6. The Morgan fingerprint density at radius 1 is 1.21 bits per heavy atom. The number of ether oxygens (including phenoxy) is 2. The number of carbonyl (C=O) groups excluding carboxylic acids is 1. The molecule has 0 unspecified atom stereocenters. The molecule has 1 N–H and O–H groups in total. The molecule has 1 amide bonds. The molecule has 0 saturated carbocycles. The lowest BCUT2D eigenvalue weighted by molar-refractivity contribution is 0.0232. The highest BCUT2D eigenvalue weighted by atomic mass is 79.9. The quantitative estimate of drug-likeness (QED) is 0.267. The van der Waals surface area contributed by atoms with Crippen molar-refractivity contribution in [1.82, 2.24) is 29.6 Å². The molecule has 0 atom stereocenters. The molecule has 0 bridgehead atoms. The summed E-state index contributed by atoms with van der Waals surface area (Å²) in [6.45, 7) is 14.5. The molecular weight excluding hydrogens is 504 g/mol. The molecule has 0 fully saturated rings. The molecule has 4 heterocycles. The monoisotopic (exact) mass is 534 g/mol. The Hall–Kier alpha value is -2.24. The third-order valence-electron chi connectivity index (χ3n) is 5.31. The zero-order chi connectivity index (χ0) is 24.0. The van der Waals surface area contributed by atoms with Gasteiger partial charge in [-0.1, -0.05) is 19.6 Å². The third-order valence-corrected chi connectivity index (χ3v) is 7.46. The minimum Gasteiger partial charge on any atom is -0.444 e. The van der Waals surface area contributed by atoms with Gasteiger partial charge in [0, 0.05) is 20.1 Å². The third kappa shape index (κ3) is 5.47. The van der Waals surface area contributed by atoms with Gasteiger partial charge in [0.15, 0.2) is 11.5 Å². The number of carbonyl (C=O) groups is 1. The predicted molar refractivity (Wildman–Crippen MR) is 132 cm³/mol. The van der Waals surface area contributed by atoms with Crippen LogP contribution in [0.5, 0.6) is 0 Å². The average molecular weight is 536 g/mol. The number of hydrogen-bond acceptors (Lipinski definition) is 6. The summed E-state index contributed by atoms with van der Waals surface area (Å²) < 4.78 is 14.4. The first-order valence-electron chi connectivity index (χ1n) is 11.1. The maximum Gasteiger partial charge on any atom is 0.410 e. The number of nitrogens with one attached hydrogen (secondary N) is 1. The number of rotatable bonds is 6. The summed E-state index contributed by atoms with van der Waals surface area (Å²) in [6, 6.07) is 4.93. The van der Waals surface area contributed by atoms with Gasteiger partial charge >= 0.3 is 6.09 Å². The summed E-state index contributed by atoms with van der Waals surface area (Å²) in [5, 5.41) is 8.33. The van der Waals surface area contributed by atoms with Crippen molar-refractivity contribution in [2.24, 2.45) is 0 Å². The number of pyridine rings is 1. The van der Waals surface area contributed by atoms with Gasteiger partial charge in [0.1, 0.15) is 22.6 Å². The average Bonchev–Trinajstić information content (AvgIpc) is 3.35. The van der Waals surface area contributed by atoms with Crippen LogP contribution in [0.3, 0.4) is 0 Å². The Balaban J connectivity index is 1.64. The van der Waals surface area contributed by atoms with E-state index in [-0.39, 0.29) is 6.09 Å². The van der Waals surface area contributed by atoms with Gasteiger partial charge in [0.05, 0.1) is 24.5 Å². The lowest BCUT2D eigenvalue weighted by Crippen LogP contribution is -2.34. The van der Waals surface area contributed by atoms with Crippen molar-refractivity contribution >= 4 is 41.1 Å². The Morgan fingerprint density at radius 3 is 2.67 bits per heavy atom. The van der Waals surface area contributed by atoms with Crippen LogP contribution in [0.15, 0.2) is 16.7 Å². The Kier molecular flexibility index (Phi) is 6.40. The van der Waals surface area contributed by atoms with E-state index in [2.05, 4.69) is 50.8 Å². The van der Waals surface area contributed by atoms with Crippen LogP contribution in [0.2, 0.25) is 25.7 Å². The van der Waals surface area contributed by atoms with E-state index in [1.54, 1.807) is 4.90 Å². The molecule has 0 saturated heterocycles. The highest BCUT2D eigenvalue weighted by Gasteiger charge is 2.33. The minimum absolute atomic E-state index is 0.339. The van der Waals surface area contributed by atoms with Crippen molar-refractivity contribution in [3.05, 3.63) is 28.1 Å². The van der Waals surface area contributed by atoms with Crippen molar-refractivity contribution in [2.45, 2.75) is 71.9 Å². The summed E-state index contributed by atoms with van der Waals surface area (Å²) in [5.74, 6) is 0.739. The number of fused-ring (bicyclic) bond motifs is 2. The molecule has 0 aliphatic carbocycles. The second kappa shape index (κ2) is 8.84. The predicted octanol–water partition coefficient (Wildman–Crippen LogP) is 5.15. The Bertz CT molecular complexity index is 1180. The normalized spacial score (nSPS) is 14.2. The number of aromatic nitrogens is 5. The number of aromatic amines is 1. The van der Waals surface area contributed by atoms with Crippen LogP contribution in [0.25, 0.3) is 22.6 Å². The van der Waals surface area contributed by atoms with Crippen molar-refractivity contribution in [1.29, 1.82) is 0 Å². The van der Waals surface area contributed by atoms with E-state index >= 15 is 0 Å². The van der Waals surface area contributed by atoms with E-state index in [0.29, 0.717) is 32.1 Å². The molecule has 3 aromatic heterocycles. The number of hydrogen-bond donors (Lipinski definition) is 1. The highest BCUT2D eigenvalue weighted by molar-refractivity contribution is 9.10. The van der Waals surface area contributed by atoms with E-state index in [1.807, 2.05) is 37.5 Å². The summed E-state index contributed by atoms with van der Waals surface area (Å²) in [5.41, 5.74) is 2.66. The summed E-state index contributed by atoms with van der Waals surface area (Å²) in [7, 11) is -1.21. The van der Waals surface area contributed by atoms with Crippen LogP contribution in [0, 0.1) is 0 Å². The molecule has 33 heavy (non-hydrogen) atoms. The zero-order valence-electron chi connectivity index (χ0n) is 20.0. The summed E-state index contributed by atoms with van der Waals surface area (Å²) in [6.07, 6.45) is -0.339. The zero-order valence-corrected chi connectivity index (χ0v) is 22.6. The highest BCUT2D eigenvalue weighted by Crippen LogP contribution is 2.32. The van der Waals surface area contributed by atoms with E-state index in [1.165, 1.54) is 0 Å². The smallest absolute Gasteiger partial charge is 0.410 e. The number of imidazole rings is 1. The fraction of sp³-hybridized carbons (Fsp3) is 0.545. The van der Waals surface area contributed by atoms with Crippen LogP contribution in [-0.2, 0) is 29.3 Å². The lowest BCUT2D eigenvalue weighted by Gasteiger charge is -2.24. The molecule has 0 spiro atoms. The SMILES string of the molecule is CC(C)(C)OC(=O)N1Cc2nc(-c3[nH]nc4nc(Br)ccc34)n(COCC[Si](C)(C)C)c2C1. The first kappa shape index (κ1) is 23.9. The number of halogens is 1. The molecule has 11 heteroatoms. The number of nitrogens with zero attached hydrogens (tertiary/aromatic N) is 5. The van der Waals surface area contributed by atoms with Gasteiger partial charge in [-0.15, -0.1) is 0 Å². The minimum atomic E-state index is -1.21. The van der Waals surface area contributed by atoms with Crippen LogP contribution in [0.4, 0.5) is 4.79 Å². The summed E-state index contributed by atoms with van der Waals surface area (Å²) in [4.78, 5) is 23.6. The van der Waals surface area contributed by atoms with Gasteiger partial charge in [-0.05, 0) is 54.9 Å². The molecule has 1 aliphatic heterocycles. The molecule has 178 valence electrons. The standard InChI is InChI=1S/C22H31BrN6O3Si/c1-22(2,3)32-21(30)28-11-15-16(12-28)29(13-31-9-10-33(4,5)6)20(24-15)18-14-7-8-17(23)25-19(14)27-26-18/h7-8H,9-13H2,1-6H3,(H,25,26,27). The molecule has 4 rings (SSSR count). The van der Waals surface area contributed by atoms with Crippen LogP contribution in [0.1, 0.15) is 32.2 Å². The van der Waals surface area contributed by atoms with Gasteiger partial charge in [-0.2, -0.15) is 5.10 Å². The molecule has 0 radical (unpaired) electrons. The molecule has 0 aromatic carbocycles. The van der Waals surface area contributed by atoms with E-state index < -0.39 is 13.7 Å². The Morgan fingerprint density at radius 2 is 1.97 bits per heavy atom. The summed E-state index contributed by atoms with van der Waals surface area (Å²) >= 11 is 3.40. The van der Waals surface area contributed by atoms with E-state index in [0.717, 1.165) is 38.9 Å². The maximum absolute atomic E-state index is 12.6. The second-order valence-corrected chi connectivity index (χ2v) is 17.0. The van der Waals surface area contributed by atoms with E-state index in [4.69, 9.17) is 14.5 Å². The van der Waals surface area contributed by atoms with Crippen LogP contribution >= 0.6 is 15.9 Å². The first-order chi connectivity index (χ1) is 15.4. The fourth-order valence-corrected chi connectivity index (χ4v) is 4.68. The fourth-order valence-electron chi connectivity index (χ4n) is 3.62. The lowest BCUT2D eigenvalue weighted by atomic mass is 10.2. The molecular formula is C22H31BrN6O3Si. The van der Waals surface area contributed by atoms with Crippen LogP contribution in [-0.4, -0.2) is 56.0 Å². The Labute approximate surface area is 203 Å². The number of H-pyrrole nitrogens is 1. The van der Waals surface area contributed by atoms with Crippen LogP contribution < -0.4 is 0 Å². The second-order valence-electron chi connectivity index (χ2n) is 10.5. The van der Waals surface area contributed by atoms with Gasteiger partial charge in [-0.25, -0.2) is 14.8 Å². The molecule has 9 nitrogen and oxygen atoms in total. The largest absolute Gasteiger partial charge is 0.444 e. The first-order valence-corrected chi connectivity index (χ1v) is 15.6. The molecule has 1 aliphatic rings. The van der Waals surface area contributed by atoms with Gasteiger partial charge < -0.3 is 14.0 Å². The van der Waals surface area contributed by atoms with Gasteiger partial charge in [0.25, 0.3) is 0 Å². The molecule has 3 aromatic rings. The van der Waals surface area contributed by atoms with Gasteiger partial charge in [0.2, 0.25) is 0 Å². The van der Waals surface area contributed by atoms with Gasteiger partial charge in [-0.3, -0.25) is 10.00 Å². The van der Waals surface area contributed by atoms with E-state index in [9.17, 15) is 4.79 Å². The van der Waals surface area contributed by atoms with Crippen molar-refractivity contribution in [2.75, 3.05) is 6.61 Å². The van der Waals surface area contributed by atoms with Crippen molar-refractivity contribution in [3.8, 4) is 11.5 Å². The topological polar surface area (TPSA) is 98.2 Å². The van der Waals surface area contributed by atoms with Crippen molar-refractivity contribution < 1.29 is 14.3 Å². The van der Waals surface area contributed by atoms with Crippen molar-refractivity contribution in [3.63, 3.8) is 0 Å². The number of amides is 1.